The molecule has 3 N–H and O–H groups in total. The van der Waals surface area contributed by atoms with E-state index >= 15 is 0 Å². The predicted octanol–water partition coefficient (Wildman–Crippen LogP) is 0.977. The van der Waals surface area contributed by atoms with Gasteiger partial charge < -0.3 is 19.7 Å². The molecule has 0 aliphatic carbocycles. The molecule has 1 aliphatic rings. The summed E-state index contributed by atoms with van der Waals surface area (Å²) in [6.45, 7) is 0.724. The van der Waals surface area contributed by atoms with E-state index in [0.717, 1.165) is 12.1 Å². The lowest BCUT2D eigenvalue weighted by Gasteiger charge is -2.25. The van der Waals surface area contributed by atoms with Crippen LogP contribution in [0, 0.1) is 11.6 Å². The monoisotopic (exact) mass is 401 g/mol. The first-order valence-electron chi connectivity index (χ1n) is 7.80. The van der Waals surface area contributed by atoms with Crippen molar-refractivity contribution in [3.63, 3.8) is 0 Å². The van der Waals surface area contributed by atoms with Crippen LogP contribution in [0.3, 0.4) is 0 Å². The number of halogens is 2. The standard InChI is InChI=1S/C16H17F2N3O5S/c1-16(7-22)8-26-14-12(27(24,25)20-16)6-21(2)13(14)15(23)19-9-3-4-10(17)11(18)5-9/h3-6,20,22H,7-8H2,1-2H3,(H,19,23). The van der Waals surface area contributed by atoms with Gasteiger partial charge in [-0.1, -0.05) is 0 Å². The molecule has 1 aromatic heterocycles. The summed E-state index contributed by atoms with van der Waals surface area (Å²) in [5, 5.41) is 11.8. The summed E-state index contributed by atoms with van der Waals surface area (Å²) in [6, 6.07) is 2.82. The van der Waals surface area contributed by atoms with Gasteiger partial charge in [-0.15, -0.1) is 0 Å². The Bertz CT molecular complexity index is 1020. The van der Waals surface area contributed by atoms with Crippen LogP contribution in [0.15, 0.2) is 29.3 Å². The van der Waals surface area contributed by atoms with Crippen LogP contribution in [0.2, 0.25) is 0 Å². The lowest BCUT2D eigenvalue weighted by atomic mass is 10.1. The van der Waals surface area contributed by atoms with Crippen LogP contribution in [0.5, 0.6) is 5.75 Å². The van der Waals surface area contributed by atoms with Crippen LogP contribution in [0.25, 0.3) is 0 Å². The van der Waals surface area contributed by atoms with Crippen molar-refractivity contribution in [3.8, 4) is 5.75 Å². The average molecular weight is 401 g/mol. The van der Waals surface area contributed by atoms with E-state index in [1.807, 2.05) is 0 Å². The molecule has 2 aromatic rings. The van der Waals surface area contributed by atoms with Gasteiger partial charge in [0.2, 0.25) is 10.0 Å². The zero-order chi connectivity index (χ0) is 20.0. The van der Waals surface area contributed by atoms with E-state index in [1.54, 1.807) is 0 Å². The Morgan fingerprint density at radius 2 is 2.11 bits per heavy atom. The zero-order valence-electron chi connectivity index (χ0n) is 14.4. The van der Waals surface area contributed by atoms with E-state index < -0.39 is 39.7 Å². The summed E-state index contributed by atoms with van der Waals surface area (Å²) in [5.41, 5.74) is -1.40. The van der Waals surface area contributed by atoms with Crippen molar-refractivity contribution in [1.82, 2.24) is 9.29 Å². The number of hydrogen-bond acceptors (Lipinski definition) is 5. The second kappa shape index (κ2) is 6.59. The molecule has 1 aromatic carbocycles. The third-order valence-corrected chi connectivity index (χ3v) is 5.68. The second-order valence-electron chi connectivity index (χ2n) is 6.48. The highest BCUT2D eigenvalue weighted by atomic mass is 32.2. The molecular weight excluding hydrogens is 384 g/mol. The lowest BCUT2D eigenvalue weighted by molar-refractivity contribution is 0.100. The number of aryl methyl sites for hydroxylation is 1. The number of nitrogens with zero attached hydrogens (tertiary/aromatic N) is 1. The fraction of sp³-hybridized carbons (Fsp3) is 0.312. The van der Waals surface area contributed by atoms with Gasteiger partial charge in [-0.2, -0.15) is 4.72 Å². The minimum atomic E-state index is -4.06. The summed E-state index contributed by atoms with van der Waals surface area (Å²) in [7, 11) is -2.62. The molecule has 1 aliphatic heterocycles. The summed E-state index contributed by atoms with van der Waals surface area (Å²) in [5.74, 6) is -3.17. The summed E-state index contributed by atoms with van der Waals surface area (Å²) in [4.78, 5) is 12.4. The number of carbonyl (C=O) groups is 1. The predicted molar refractivity (Wildman–Crippen MR) is 91.0 cm³/mol. The Hall–Kier alpha value is -2.50. The number of aliphatic hydroxyl groups is 1. The fourth-order valence-corrected chi connectivity index (χ4v) is 4.23. The molecule has 0 spiro atoms. The molecule has 0 radical (unpaired) electrons. The van der Waals surface area contributed by atoms with E-state index in [2.05, 4.69) is 10.0 Å². The third kappa shape index (κ3) is 3.53. The van der Waals surface area contributed by atoms with Crippen LogP contribution < -0.4 is 14.8 Å². The van der Waals surface area contributed by atoms with Gasteiger partial charge in [0, 0.05) is 25.0 Å². The highest BCUT2D eigenvalue weighted by Gasteiger charge is 2.39. The highest BCUT2D eigenvalue weighted by molar-refractivity contribution is 7.89. The van der Waals surface area contributed by atoms with Gasteiger partial charge in [0.1, 0.15) is 11.5 Å². The quantitative estimate of drug-likeness (QED) is 0.710. The first-order valence-corrected chi connectivity index (χ1v) is 9.28. The summed E-state index contributed by atoms with van der Waals surface area (Å²) >= 11 is 0. The maximum atomic E-state index is 13.3. The largest absolute Gasteiger partial charge is 0.488 e. The van der Waals surface area contributed by atoms with Gasteiger partial charge in [0.05, 0.1) is 12.1 Å². The Labute approximate surface area is 153 Å². The van der Waals surface area contributed by atoms with Gasteiger partial charge in [-0.3, -0.25) is 4.79 Å². The van der Waals surface area contributed by atoms with Crippen molar-refractivity contribution >= 4 is 21.6 Å². The van der Waals surface area contributed by atoms with Crippen molar-refractivity contribution in [3.05, 3.63) is 41.7 Å². The zero-order valence-corrected chi connectivity index (χ0v) is 15.2. The van der Waals surface area contributed by atoms with E-state index in [1.165, 1.54) is 30.8 Å². The number of ether oxygens (including phenoxy) is 1. The normalized spacial score (nSPS) is 21.1. The number of nitrogens with one attached hydrogen (secondary N) is 2. The number of carbonyl (C=O) groups excluding carboxylic acids is 1. The third-order valence-electron chi connectivity index (χ3n) is 4.05. The van der Waals surface area contributed by atoms with Crippen LogP contribution in [0.1, 0.15) is 17.4 Å². The van der Waals surface area contributed by atoms with Crippen LogP contribution in [0.4, 0.5) is 14.5 Å². The number of fused-ring (bicyclic) bond motifs is 1. The maximum Gasteiger partial charge on any atom is 0.276 e. The van der Waals surface area contributed by atoms with E-state index in [4.69, 9.17) is 4.74 Å². The SMILES string of the molecule is Cn1cc2c(c1C(=O)Nc1ccc(F)c(F)c1)OCC(C)(CO)NS2(=O)=O. The minimum Gasteiger partial charge on any atom is -0.488 e. The number of hydrogen-bond donors (Lipinski definition) is 3. The van der Waals surface area contributed by atoms with Gasteiger partial charge in [0.15, 0.2) is 23.1 Å². The van der Waals surface area contributed by atoms with Crippen molar-refractivity contribution in [1.29, 1.82) is 0 Å². The molecule has 11 heteroatoms. The molecule has 1 unspecified atom stereocenters. The first-order chi connectivity index (χ1) is 12.6. The molecule has 1 atom stereocenters. The fourth-order valence-electron chi connectivity index (χ4n) is 2.65. The Morgan fingerprint density at radius 1 is 1.41 bits per heavy atom. The van der Waals surface area contributed by atoms with E-state index in [9.17, 15) is 27.1 Å². The molecule has 8 nitrogen and oxygen atoms in total. The number of aliphatic hydroxyl groups excluding tert-OH is 1. The topological polar surface area (TPSA) is 110 Å². The van der Waals surface area contributed by atoms with Gasteiger partial charge >= 0.3 is 0 Å². The van der Waals surface area contributed by atoms with Crippen LogP contribution in [-0.4, -0.2) is 42.8 Å². The molecular formula is C16H17F2N3O5S. The molecule has 1 amide bonds. The molecule has 2 heterocycles. The Balaban J connectivity index is 2.00. The summed E-state index contributed by atoms with van der Waals surface area (Å²) < 4.78 is 60.6. The van der Waals surface area contributed by atoms with Gasteiger partial charge in [-0.25, -0.2) is 17.2 Å². The highest BCUT2D eigenvalue weighted by Crippen LogP contribution is 2.34. The minimum absolute atomic E-state index is 0.0105. The number of rotatable bonds is 3. The first kappa shape index (κ1) is 19.3. The molecule has 146 valence electrons. The Kier molecular flexibility index (Phi) is 4.70. The van der Waals surface area contributed by atoms with Gasteiger partial charge in [0.25, 0.3) is 5.91 Å². The van der Waals surface area contributed by atoms with Crippen molar-refractivity contribution in [2.45, 2.75) is 17.4 Å². The molecule has 0 saturated heterocycles. The maximum absolute atomic E-state index is 13.3. The number of sulfonamides is 1. The average Bonchev–Trinajstić information content (AvgIpc) is 2.89. The number of anilines is 1. The molecule has 0 fully saturated rings. The number of amides is 1. The lowest BCUT2D eigenvalue weighted by Crippen LogP contribution is -2.51. The van der Waals surface area contributed by atoms with Crippen molar-refractivity contribution in [2.24, 2.45) is 7.05 Å². The molecule has 0 bridgehead atoms. The van der Waals surface area contributed by atoms with E-state index in [0.29, 0.717) is 0 Å². The summed E-state index contributed by atoms with van der Waals surface area (Å²) in [6.07, 6.45) is 1.20. The van der Waals surface area contributed by atoms with Crippen molar-refractivity contribution in [2.75, 3.05) is 18.5 Å². The molecule has 3 rings (SSSR count). The Morgan fingerprint density at radius 3 is 2.74 bits per heavy atom. The van der Waals surface area contributed by atoms with Crippen LogP contribution >= 0.6 is 0 Å². The molecule has 27 heavy (non-hydrogen) atoms. The molecule has 0 saturated carbocycles. The van der Waals surface area contributed by atoms with Crippen molar-refractivity contribution < 1.29 is 31.8 Å². The number of aromatic nitrogens is 1. The smallest absolute Gasteiger partial charge is 0.276 e. The second-order valence-corrected chi connectivity index (χ2v) is 8.13. The van der Waals surface area contributed by atoms with Gasteiger partial charge in [-0.05, 0) is 19.1 Å². The number of benzene rings is 1. The van der Waals surface area contributed by atoms with Crippen LogP contribution in [-0.2, 0) is 17.1 Å². The van der Waals surface area contributed by atoms with E-state index in [-0.39, 0.29) is 28.6 Å².